The second-order valence-electron chi connectivity index (χ2n) is 5.36. The molecule has 1 aromatic carbocycles. The first-order valence-corrected chi connectivity index (χ1v) is 9.99. The molecule has 3 rings (SSSR count). The Bertz CT molecular complexity index is 992. The molecule has 0 aliphatic carbocycles. The number of rotatable bonds is 4. The predicted octanol–water partition coefficient (Wildman–Crippen LogP) is 5.40. The minimum Gasteiger partial charge on any atom is -0.366 e. The van der Waals surface area contributed by atoms with Crippen LogP contribution in [0.3, 0.4) is 0 Å². The fraction of sp³-hybridized carbons (Fsp3) is 0.176. The lowest BCUT2D eigenvalue weighted by atomic mass is 10.0. The SMILES string of the molecule is CCn1cc(C(N)=O)c(=S)c2c(Cc3ccc(Cl)cc3)c(I)sc21. The number of hydrogen-bond donors (Lipinski definition) is 1. The Balaban J connectivity index is 2.26. The molecule has 0 spiro atoms. The van der Waals surface area contributed by atoms with E-state index in [-0.39, 0.29) is 0 Å². The van der Waals surface area contributed by atoms with Gasteiger partial charge >= 0.3 is 0 Å². The van der Waals surface area contributed by atoms with Crippen molar-refractivity contribution in [1.82, 2.24) is 4.57 Å². The molecule has 3 aromatic rings. The number of thiophene rings is 1. The van der Waals surface area contributed by atoms with Gasteiger partial charge in [-0.15, -0.1) is 11.3 Å². The first kappa shape index (κ1) is 17.8. The normalized spacial score (nSPS) is 11.1. The quantitative estimate of drug-likeness (QED) is 0.395. The van der Waals surface area contributed by atoms with Gasteiger partial charge in [-0.3, -0.25) is 4.79 Å². The van der Waals surface area contributed by atoms with Gasteiger partial charge in [0, 0.05) is 29.6 Å². The Morgan fingerprint density at radius 1 is 1.38 bits per heavy atom. The van der Waals surface area contributed by atoms with Crippen LogP contribution in [-0.4, -0.2) is 10.5 Å². The Hall–Kier alpha value is -0.960. The molecule has 0 saturated carbocycles. The number of fused-ring (bicyclic) bond motifs is 1. The summed E-state index contributed by atoms with van der Waals surface area (Å²) in [6.45, 7) is 2.79. The van der Waals surface area contributed by atoms with E-state index in [9.17, 15) is 4.79 Å². The predicted molar refractivity (Wildman–Crippen MR) is 112 cm³/mol. The van der Waals surface area contributed by atoms with E-state index in [0.29, 0.717) is 15.1 Å². The molecule has 0 atom stereocenters. The van der Waals surface area contributed by atoms with Crippen molar-refractivity contribution in [2.24, 2.45) is 5.73 Å². The summed E-state index contributed by atoms with van der Waals surface area (Å²) >= 11 is 15.6. The lowest BCUT2D eigenvalue weighted by molar-refractivity contribution is 0.0999. The van der Waals surface area contributed by atoms with Gasteiger partial charge in [0.2, 0.25) is 0 Å². The maximum absolute atomic E-state index is 11.8. The van der Waals surface area contributed by atoms with Crippen LogP contribution in [0.15, 0.2) is 30.5 Å². The zero-order valence-electron chi connectivity index (χ0n) is 12.8. The van der Waals surface area contributed by atoms with Crippen molar-refractivity contribution in [1.29, 1.82) is 0 Å². The highest BCUT2D eigenvalue weighted by molar-refractivity contribution is 14.1. The average molecular weight is 489 g/mol. The molecule has 1 amide bonds. The molecule has 2 heterocycles. The summed E-state index contributed by atoms with van der Waals surface area (Å²) in [5.41, 5.74) is 8.23. The summed E-state index contributed by atoms with van der Waals surface area (Å²) in [5, 5.41) is 1.68. The van der Waals surface area contributed by atoms with Gasteiger partial charge in [-0.05, 0) is 52.8 Å². The van der Waals surface area contributed by atoms with Gasteiger partial charge in [0.1, 0.15) is 4.83 Å². The molecular formula is C17H14ClIN2OS2. The highest BCUT2D eigenvalue weighted by atomic mass is 127. The molecule has 0 bridgehead atoms. The number of primary amides is 1. The summed E-state index contributed by atoms with van der Waals surface area (Å²) in [7, 11) is 0. The molecule has 3 nitrogen and oxygen atoms in total. The van der Waals surface area contributed by atoms with E-state index >= 15 is 0 Å². The third-order valence-corrected chi connectivity index (χ3v) is 6.90. The van der Waals surface area contributed by atoms with Crippen LogP contribution in [0.2, 0.25) is 5.02 Å². The van der Waals surface area contributed by atoms with Crippen molar-refractivity contribution in [2.45, 2.75) is 19.9 Å². The highest BCUT2D eigenvalue weighted by Crippen LogP contribution is 2.36. The van der Waals surface area contributed by atoms with Crippen LogP contribution in [-0.2, 0) is 13.0 Å². The van der Waals surface area contributed by atoms with Crippen LogP contribution < -0.4 is 5.73 Å². The van der Waals surface area contributed by atoms with Gasteiger partial charge in [-0.25, -0.2) is 0 Å². The number of aromatic nitrogens is 1. The molecule has 2 N–H and O–H groups in total. The largest absolute Gasteiger partial charge is 0.366 e. The van der Waals surface area contributed by atoms with Crippen molar-refractivity contribution in [3.05, 3.63) is 59.6 Å². The molecule has 0 aliphatic heterocycles. The summed E-state index contributed by atoms with van der Waals surface area (Å²) in [6.07, 6.45) is 2.51. The van der Waals surface area contributed by atoms with Gasteiger partial charge in [0.15, 0.2) is 0 Å². The topological polar surface area (TPSA) is 48.0 Å². The Morgan fingerprint density at radius 3 is 2.62 bits per heavy atom. The summed E-state index contributed by atoms with van der Waals surface area (Å²) in [6, 6.07) is 7.79. The van der Waals surface area contributed by atoms with E-state index < -0.39 is 5.91 Å². The van der Waals surface area contributed by atoms with E-state index in [1.54, 1.807) is 17.5 Å². The smallest absolute Gasteiger partial charge is 0.251 e. The average Bonchev–Trinajstić information content (AvgIpc) is 2.87. The van der Waals surface area contributed by atoms with Gasteiger partial charge in [0.25, 0.3) is 5.91 Å². The van der Waals surface area contributed by atoms with Crippen LogP contribution in [0, 0.1) is 7.39 Å². The number of aryl methyl sites for hydroxylation is 1. The molecule has 24 heavy (non-hydrogen) atoms. The third kappa shape index (κ3) is 3.24. The van der Waals surface area contributed by atoms with Crippen molar-refractivity contribution >= 4 is 73.9 Å². The minimum absolute atomic E-state index is 0.408. The van der Waals surface area contributed by atoms with E-state index in [0.717, 1.165) is 34.3 Å². The van der Waals surface area contributed by atoms with Crippen molar-refractivity contribution in [2.75, 3.05) is 0 Å². The lowest BCUT2D eigenvalue weighted by Crippen LogP contribution is -2.14. The second-order valence-corrected chi connectivity index (χ2v) is 9.01. The number of nitrogens with two attached hydrogens (primary N) is 1. The summed E-state index contributed by atoms with van der Waals surface area (Å²) < 4.78 is 3.77. The standard InChI is InChI=1S/C17H14ClIN2OS2/c1-2-21-8-12(16(20)22)14(23)13-11(15(19)24-17(13)21)7-9-3-5-10(18)6-4-9/h3-6,8H,2,7H2,1H3,(H2,20,22). The summed E-state index contributed by atoms with van der Waals surface area (Å²) in [4.78, 5) is 12.9. The number of carbonyl (C=O) groups is 1. The molecule has 0 aliphatic rings. The molecule has 2 aromatic heterocycles. The van der Waals surface area contributed by atoms with E-state index in [2.05, 4.69) is 22.6 Å². The van der Waals surface area contributed by atoms with Gasteiger partial charge in [-0.2, -0.15) is 0 Å². The molecule has 124 valence electrons. The maximum Gasteiger partial charge on any atom is 0.251 e. The van der Waals surface area contributed by atoms with Crippen molar-refractivity contribution in [3.8, 4) is 0 Å². The molecule has 7 heteroatoms. The van der Waals surface area contributed by atoms with Crippen molar-refractivity contribution in [3.63, 3.8) is 0 Å². The number of hydrogen-bond acceptors (Lipinski definition) is 3. The monoisotopic (exact) mass is 488 g/mol. The Morgan fingerprint density at radius 2 is 2.04 bits per heavy atom. The first-order chi connectivity index (χ1) is 11.4. The minimum atomic E-state index is -0.484. The maximum atomic E-state index is 11.8. The first-order valence-electron chi connectivity index (χ1n) is 7.31. The molecule has 0 saturated heterocycles. The van der Waals surface area contributed by atoms with E-state index in [1.165, 1.54) is 2.88 Å². The van der Waals surface area contributed by atoms with Crippen LogP contribution in [0.25, 0.3) is 10.2 Å². The highest BCUT2D eigenvalue weighted by Gasteiger charge is 2.18. The Kier molecular flexibility index (Phi) is 5.29. The number of benzene rings is 1. The van der Waals surface area contributed by atoms with Gasteiger partial charge in [0.05, 0.1) is 13.0 Å². The molecule has 0 unspecified atom stereocenters. The fourth-order valence-electron chi connectivity index (χ4n) is 2.64. The number of amides is 1. The number of pyridine rings is 1. The lowest BCUT2D eigenvalue weighted by Gasteiger charge is -2.09. The summed E-state index contributed by atoms with van der Waals surface area (Å²) in [5.74, 6) is -0.484. The van der Waals surface area contributed by atoms with Crippen LogP contribution in [0.1, 0.15) is 28.4 Å². The van der Waals surface area contributed by atoms with Crippen LogP contribution >= 0.6 is 57.7 Å². The van der Waals surface area contributed by atoms with E-state index in [1.807, 2.05) is 35.8 Å². The second kappa shape index (κ2) is 7.11. The van der Waals surface area contributed by atoms with Crippen molar-refractivity contribution < 1.29 is 4.79 Å². The molecule has 0 radical (unpaired) electrons. The van der Waals surface area contributed by atoms with Crippen LogP contribution in [0.5, 0.6) is 0 Å². The number of halogens is 2. The van der Waals surface area contributed by atoms with Crippen LogP contribution in [0.4, 0.5) is 0 Å². The molecular weight excluding hydrogens is 475 g/mol. The third-order valence-electron chi connectivity index (χ3n) is 3.86. The number of carbonyl (C=O) groups excluding carboxylic acids is 1. The number of nitrogens with zero attached hydrogens (tertiary/aromatic N) is 1. The Labute approximate surface area is 167 Å². The van der Waals surface area contributed by atoms with Gasteiger partial charge < -0.3 is 10.3 Å². The van der Waals surface area contributed by atoms with Gasteiger partial charge in [-0.1, -0.05) is 36.0 Å². The fourth-order valence-corrected chi connectivity index (χ4v) is 5.39. The zero-order valence-corrected chi connectivity index (χ0v) is 17.4. The van der Waals surface area contributed by atoms with E-state index in [4.69, 9.17) is 29.6 Å². The molecule has 0 fully saturated rings. The zero-order chi connectivity index (χ0) is 17.4.